The second-order valence-corrected chi connectivity index (χ2v) is 6.04. The molecule has 0 bridgehead atoms. The molecule has 0 amide bonds. The van der Waals surface area contributed by atoms with Gasteiger partial charge in [0.25, 0.3) is 0 Å². The van der Waals surface area contributed by atoms with Crippen LogP contribution in [0.1, 0.15) is 42.0 Å². The predicted octanol–water partition coefficient (Wildman–Crippen LogP) is 3.76. The first-order chi connectivity index (χ1) is 10.2. The molecular weight excluding hydrogens is 263 g/mol. The molecule has 3 rings (SSSR count). The van der Waals surface area contributed by atoms with Gasteiger partial charge in [-0.05, 0) is 48.6 Å². The highest BCUT2D eigenvalue weighted by Crippen LogP contribution is 2.51. The first kappa shape index (κ1) is 14.2. The van der Waals surface area contributed by atoms with Crippen molar-refractivity contribution < 1.29 is 4.39 Å². The van der Waals surface area contributed by atoms with Gasteiger partial charge in [-0.25, -0.2) is 4.39 Å². The largest absolute Gasteiger partial charge is 0.271 e. The highest BCUT2D eigenvalue weighted by Gasteiger charge is 2.45. The molecule has 0 saturated heterocycles. The first-order valence-corrected chi connectivity index (χ1v) is 7.44. The SMILES string of the molecule is Cc1cc(F)cc(C(NN)C2(c3ccccc3)CCC2)c1. The highest BCUT2D eigenvalue weighted by atomic mass is 19.1. The quantitative estimate of drug-likeness (QED) is 0.662. The zero-order valence-corrected chi connectivity index (χ0v) is 12.3. The van der Waals surface area contributed by atoms with Gasteiger partial charge in [0, 0.05) is 5.41 Å². The summed E-state index contributed by atoms with van der Waals surface area (Å²) in [5.74, 6) is 5.66. The van der Waals surface area contributed by atoms with Crippen molar-refractivity contribution in [1.29, 1.82) is 0 Å². The molecule has 2 aromatic carbocycles. The Labute approximate surface area is 125 Å². The number of nitrogens with one attached hydrogen (secondary N) is 1. The fraction of sp³-hybridized carbons (Fsp3) is 0.333. The molecule has 3 heteroatoms. The van der Waals surface area contributed by atoms with E-state index < -0.39 is 0 Å². The second-order valence-electron chi connectivity index (χ2n) is 6.04. The van der Waals surface area contributed by atoms with Crippen molar-refractivity contribution in [3.63, 3.8) is 0 Å². The van der Waals surface area contributed by atoms with Gasteiger partial charge in [0.15, 0.2) is 0 Å². The van der Waals surface area contributed by atoms with Gasteiger partial charge in [-0.15, -0.1) is 0 Å². The van der Waals surface area contributed by atoms with Crippen LogP contribution in [0, 0.1) is 12.7 Å². The van der Waals surface area contributed by atoms with Gasteiger partial charge in [0.2, 0.25) is 0 Å². The summed E-state index contributed by atoms with van der Waals surface area (Å²) in [5, 5.41) is 0. The van der Waals surface area contributed by atoms with Crippen molar-refractivity contribution in [1.82, 2.24) is 5.43 Å². The van der Waals surface area contributed by atoms with E-state index in [1.165, 1.54) is 12.0 Å². The van der Waals surface area contributed by atoms with Gasteiger partial charge < -0.3 is 0 Å². The third-order valence-electron chi connectivity index (χ3n) is 4.71. The number of benzene rings is 2. The van der Waals surface area contributed by atoms with E-state index >= 15 is 0 Å². The summed E-state index contributed by atoms with van der Waals surface area (Å²) in [6, 6.07) is 15.5. The van der Waals surface area contributed by atoms with Gasteiger partial charge in [0.05, 0.1) is 6.04 Å². The van der Waals surface area contributed by atoms with Crippen molar-refractivity contribution in [2.75, 3.05) is 0 Å². The predicted molar refractivity (Wildman–Crippen MR) is 83.2 cm³/mol. The monoisotopic (exact) mass is 284 g/mol. The molecule has 0 aliphatic heterocycles. The Balaban J connectivity index is 2.05. The van der Waals surface area contributed by atoms with Crippen molar-refractivity contribution in [3.05, 3.63) is 71.0 Å². The lowest BCUT2D eigenvalue weighted by Gasteiger charge is -2.48. The van der Waals surface area contributed by atoms with Crippen LogP contribution < -0.4 is 11.3 Å². The van der Waals surface area contributed by atoms with Gasteiger partial charge >= 0.3 is 0 Å². The van der Waals surface area contributed by atoms with Crippen LogP contribution in [-0.4, -0.2) is 0 Å². The topological polar surface area (TPSA) is 38.0 Å². The molecule has 0 aromatic heterocycles. The van der Waals surface area contributed by atoms with E-state index in [0.717, 1.165) is 24.0 Å². The Bertz CT molecular complexity index is 600. The summed E-state index contributed by atoms with van der Waals surface area (Å²) in [4.78, 5) is 0. The summed E-state index contributed by atoms with van der Waals surface area (Å²) >= 11 is 0. The Morgan fingerprint density at radius 2 is 1.86 bits per heavy atom. The molecule has 2 nitrogen and oxygen atoms in total. The lowest BCUT2D eigenvalue weighted by Crippen LogP contribution is -2.49. The van der Waals surface area contributed by atoms with E-state index in [0.29, 0.717) is 0 Å². The van der Waals surface area contributed by atoms with Crippen LogP contribution in [0.5, 0.6) is 0 Å². The minimum absolute atomic E-state index is 0.0315. The third kappa shape index (κ3) is 2.47. The molecule has 1 aliphatic carbocycles. The average Bonchev–Trinajstić information content (AvgIpc) is 2.42. The van der Waals surface area contributed by atoms with E-state index in [4.69, 9.17) is 5.84 Å². The lowest BCUT2D eigenvalue weighted by molar-refractivity contribution is 0.170. The molecule has 1 saturated carbocycles. The van der Waals surface area contributed by atoms with Crippen molar-refractivity contribution in [2.24, 2.45) is 5.84 Å². The normalized spacial score (nSPS) is 18.0. The molecule has 3 N–H and O–H groups in total. The van der Waals surface area contributed by atoms with Gasteiger partial charge in [-0.3, -0.25) is 11.3 Å². The highest BCUT2D eigenvalue weighted by molar-refractivity contribution is 5.37. The van der Waals surface area contributed by atoms with E-state index in [2.05, 4.69) is 29.7 Å². The molecule has 1 unspecified atom stereocenters. The standard InChI is InChI=1S/C18H21FN2/c1-13-10-14(12-16(19)11-13)17(21-20)18(8-5-9-18)15-6-3-2-4-7-15/h2-4,6-7,10-12,17,21H,5,8-9,20H2,1H3. The minimum atomic E-state index is -0.201. The van der Waals surface area contributed by atoms with E-state index in [9.17, 15) is 4.39 Å². The number of hydrazine groups is 1. The van der Waals surface area contributed by atoms with Crippen molar-refractivity contribution in [2.45, 2.75) is 37.6 Å². The summed E-state index contributed by atoms with van der Waals surface area (Å²) in [6.07, 6.45) is 3.32. The van der Waals surface area contributed by atoms with Crippen LogP contribution in [0.3, 0.4) is 0 Å². The molecule has 1 aliphatic rings. The molecule has 1 atom stereocenters. The van der Waals surface area contributed by atoms with E-state index in [1.807, 2.05) is 19.1 Å². The molecule has 0 heterocycles. The lowest BCUT2D eigenvalue weighted by atomic mass is 9.59. The van der Waals surface area contributed by atoms with Crippen LogP contribution in [0.15, 0.2) is 48.5 Å². The molecule has 110 valence electrons. The zero-order valence-electron chi connectivity index (χ0n) is 12.3. The van der Waals surface area contributed by atoms with Crippen molar-refractivity contribution in [3.8, 4) is 0 Å². The summed E-state index contributed by atoms with van der Waals surface area (Å²) in [5.41, 5.74) is 6.05. The average molecular weight is 284 g/mol. The van der Waals surface area contributed by atoms with Gasteiger partial charge in [0.1, 0.15) is 5.82 Å². The summed E-state index contributed by atoms with van der Waals surface area (Å²) < 4.78 is 13.8. The Morgan fingerprint density at radius 1 is 1.14 bits per heavy atom. The second kappa shape index (κ2) is 5.58. The number of nitrogens with two attached hydrogens (primary N) is 1. The molecule has 1 fully saturated rings. The maximum atomic E-state index is 13.8. The maximum absolute atomic E-state index is 13.8. The molecule has 0 radical (unpaired) electrons. The van der Waals surface area contributed by atoms with Crippen LogP contribution in [0.2, 0.25) is 0 Å². The smallest absolute Gasteiger partial charge is 0.123 e. The Kier molecular flexibility index (Phi) is 3.79. The summed E-state index contributed by atoms with van der Waals surface area (Å²) in [7, 11) is 0. The van der Waals surface area contributed by atoms with Crippen molar-refractivity contribution >= 4 is 0 Å². The Morgan fingerprint density at radius 3 is 2.38 bits per heavy atom. The Hall–Kier alpha value is -1.71. The molecule has 0 spiro atoms. The number of halogens is 1. The minimum Gasteiger partial charge on any atom is -0.271 e. The van der Waals surface area contributed by atoms with Crippen LogP contribution in [0.4, 0.5) is 4.39 Å². The van der Waals surface area contributed by atoms with Crippen LogP contribution in [-0.2, 0) is 5.41 Å². The van der Waals surface area contributed by atoms with Crippen LogP contribution in [0.25, 0.3) is 0 Å². The molecule has 2 aromatic rings. The maximum Gasteiger partial charge on any atom is 0.123 e. The fourth-order valence-electron chi connectivity index (χ4n) is 3.58. The molecule has 21 heavy (non-hydrogen) atoms. The van der Waals surface area contributed by atoms with Crippen LogP contribution >= 0.6 is 0 Å². The number of hydrogen-bond acceptors (Lipinski definition) is 2. The summed E-state index contributed by atoms with van der Waals surface area (Å²) in [6.45, 7) is 1.91. The third-order valence-corrected chi connectivity index (χ3v) is 4.71. The number of rotatable bonds is 4. The first-order valence-electron chi connectivity index (χ1n) is 7.44. The fourth-order valence-corrected chi connectivity index (χ4v) is 3.58. The molecular formula is C18H21FN2. The van der Waals surface area contributed by atoms with E-state index in [1.54, 1.807) is 12.1 Å². The van der Waals surface area contributed by atoms with E-state index in [-0.39, 0.29) is 17.3 Å². The number of hydrogen-bond donors (Lipinski definition) is 2. The zero-order chi connectivity index (χ0) is 14.9. The van der Waals surface area contributed by atoms with Gasteiger partial charge in [-0.1, -0.05) is 42.8 Å². The van der Waals surface area contributed by atoms with Gasteiger partial charge in [-0.2, -0.15) is 0 Å². The number of aryl methyl sites for hydroxylation is 1.